The van der Waals surface area contributed by atoms with Crippen LogP contribution in [0.4, 0.5) is 5.82 Å². The smallest absolute Gasteiger partial charge is 0.216 e. The third kappa shape index (κ3) is 3.12. The number of anilines is 1. The van der Waals surface area contributed by atoms with E-state index in [2.05, 4.69) is 25.5 Å². The fraction of sp³-hybridized carbons (Fsp3) is 0.571. The first-order valence-corrected chi connectivity index (χ1v) is 7.17. The van der Waals surface area contributed by atoms with Gasteiger partial charge in [-0.15, -0.1) is 10.2 Å². The molecule has 2 aromatic rings. The van der Waals surface area contributed by atoms with Gasteiger partial charge in [0.2, 0.25) is 11.8 Å². The summed E-state index contributed by atoms with van der Waals surface area (Å²) in [5.41, 5.74) is 0. The molecule has 1 saturated carbocycles. The Balaban J connectivity index is 1.52. The number of hydrogen-bond donors (Lipinski definition) is 1. The predicted molar refractivity (Wildman–Crippen MR) is 74.2 cm³/mol. The van der Waals surface area contributed by atoms with Gasteiger partial charge >= 0.3 is 0 Å². The van der Waals surface area contributed by atoms with E-state index < -0.39 is 0 Å². The average molecular weight is 273 g/mol. The molecule has 1 fully saturated rings. The van der Waals surface area contributed by atoms with Crippen molar-refractivity contribution in [2.24, 2.45) is 5.92 Å². The van der Waals surface area contributed by atoms with Crippen molar-refractivity contribution >= 4 is 5.82 Å². The molecular weight excluding hydrogens is 254 g/mol. The summed E-state index contributed by atoms with van der Waals surface area (Å²) in [5, 5.41) is 11.5. The number of nitrogens with zero attached hydrogens (tertiary/aromatic N) is 4. The standard InChI is InChI=1S/C14H19N5O/c1-2-13-18-19-14(20-13)8-10-3-4-11(7-10)17-12-9-15-5-6-16-12/h5-6,9-11H,2-4,7-8H2,1H3,(H,16,17)/t10-,11+/m1/s1. The molecule has 6 heteroatoms. The maximum absolute atomic E-state index is 5.58. The highest BCUT2D eigenvalue weighted by atomic mass is 16.4. The summed E-state index contributed by atoms with van der Waals surface area (Å²) < 4.78 is 5.58. The molecule has 20 heavy (non-hydrogen) atoms. The van der Waals surface area contributed by atoms with Gasteiger partial charge in [0.05, 0.1) is 6.20 Å². The molecule has 0 aromatic carbocycles. The number of hydrogen-bond acceptors (Lipinski definition) is 6. The Hall–Kier alpha value is -1.98. The molecule has 0 amide bonds. The van der Waals surface area contributed by atoms with Crippen LogP contribution in [0.25, 0.3) is 0 Å². The van der Waals surface area contributed by atoms with Crippen molar-refractivity contribution in [1.29, 1.82) is 0 Å². The number of aromatic nitrogens is 4. The average Bonchev–Trinajstić information content (AvgIpc) is 3.10. The topological polar surface area (TPSA) is 76.7 Å². The normalized spacial score (nSPS) is 22.1. The van der Waals surface area contributed by atoms with E-state index in [0.29, 0.717) is 12.0 Å². The van der Waals surface area contributed by atoms with Gasteiger partial charge in [0, 0.05) is 31.3 Å². The molecular formula is C14H19N5O. The van der Waals surface area contributed by atoms with Crippen molar-refractivity contribution in [1.82, 2.24) is 20.2 Å². The van der Waals surface area contributed by atoms with Gasteiger partial charge in [0.15, 0.2) is 0 Å². The van der Waals surface area contributed by atoms with E-state index >= 15 is 0 Å². The Labute approximate surface area is 118 Å². The maximum Gasteiger partial charge on any atom is 0.216 e. The fourth-order valence-corrected chi connectivity index (χ4v) is 2.73. The Morgan fingerprint density at radius 2 is 2.15 bits per heavy atom. The van der Waals surface area contributed by atoms with E-state index in [1.807, 2.05) is 6.92 Å². The Bertz CT molecular complexity index is 542. The van der Waals surface area contributed by atoms with Crippen LogP contribution in [-0.4, -0.2) is 26.2 Å². The van der Waals surface area contributed by atoms with Gasteiger partial charge in [-0.25, -0.2) is 4.98 Å². The molecule has 0 aliphatic heterocycles. The van der Waals surface area contributed by atoms with E-state index in [9.17, 15) is 0 Å². The molecule has 0 unspecified atom stereocenters. The van der Waals surface area contributed by atoms with E-state index in [1.165, 1.54) is 6.42 Å². The highest BCUT2D eigenvalue weighted by Gasteiger charge is 2.26. The quantitative estimate of drug-likeness (QED) is 0.900. The second-order valence-corrected chi connectivity index (χ2v) is 5.26. The van der Waals surface area contributed by atoms with E-state index in [-0.39, 0.29) is 0 Å². The molecule has 2 aromatic heterocycles. The first-order chi connectivity index (χ1) is 9.83. The predicted octanol–water partition coefficient (Wildman–Crippen LogP) is 2.25. The molecule has 2 atom stereocenters. The summed E-state index contributed by atoms with van der Waals surface area (Å²) in [5.74, 6) is 2.96. The lowest BCUT2D eigenvalue weighted by Crippen LogP contribution is -2.16. The lowest BCUT2D eigenvalue weighted by Gasteiger charge is -2.12. The molecule has 6 nitrogen and oxygen atoms in total. The van der Waals surface area contributed by atoms with Crippen molar-refractivity contribution < 1.29 is 4.42 Å². The Morgan fingerprint density at radius 1 is 1.25 bits per heavy atom. The van der Waals surface area contributed by atoms with Crippen LogP contribution in [-0.2, 0) is 12.8 Å². The minimum atomic E-state index is 0.463. The van der Waals surface area contributed by atoms with Crippen LogP contribution in [0.1, 0.15) is 38.0 Å². The number of aryl methyl sites for hydroxylation is 1. The van der Waals surface area contributed by atoms with Crippen LogP contribution in [0.2, 0.25) is 0 Å². The SMILES string of the molecule is CCc1nnc(C[C@@H]2CC[C@H](Nc3cnccn3)C2)o1. The zero-order chi connectivity index (χ0) is 13.8. The maximum atomic E-state index is 5.58. The molecule has 106 valence electrons. The van der Waals surface area contributed by atoms with Crippen LogP contribution in [0.5, 0.6) is 0 Å². The van der Waals surface area contributed by atoms with Crippen molar-refractivity contribution in [3.05, 3.63) is 30.4 Å². The van der Waals surface area contributed by atoms with Gasteiger partial charge in [-0.05, 0) is 25.2 Å². The van der Waals surface area contributed by atoms with E-state index in [4.69, 9.17) is 4.42 Å². The number of nitrogens with one attached hydrogen (secondary N) is 1. The monoisotopic (exact) mass is 273 g/mol. The summed E-state index contributed by atoms with van der Waals surface area (Å²) in [6.07, 6.45) is 10.3. The molecule has 3 rings (SSSR count). The molecule has 0 saturated heterocycles. The third-order valence-electron chi connectivity index (χ3n) is 3.73. The summed E-state index contributed by atoms with van der Waals surface area (Å²) in [6.45, 7) is 2.02. The molecule has 0 spiro atoms. The summed E-state index contributed by atoms with van der Waals surface area (Å²) in [6, 6.07) is 0.463. The van der Waals surface area contributed by atoms with Gasteiger partial charge < -0.3 is 9.73 Å². The summed E-state index contributed by atoms with van der Waals surface area (Å²) >= 11 is 0. The first-order valence-electron chi connectivity index (χ1n) is 7.17. The second kappa shape index (κ2) is 5.98. The molecule has 0 bridgehead atoms. The minimum Gasteiger partial charge on any atom is -0.425 e. The fourth-order valence-electron chi connectivity index (χ4n) is 2.73. The lowest BCUT2D eigenvalue weighted by molar-refractivity contribution is 0.409. The van der Waals surface area contributed by atoms with Gasteiger partial charge in [-0.1, -0.05) is 6.92 Å². The Kier molecular flexibility index (Phi) is 3.90. The Morgan fingerprint density at radius 3 is 2.90 bits per heavy atom. The zero-order valence-electron chi connectivity index (χ0n) is 11.6. The van der Waals surface area contributed by atoms with Crippen molar-refractivity contribution in [3.63, 3.8) is 0 Å². The first kappa shape index (κ1) is 13.0. The third-order valence-corrected chi connectivity index (χ3v) is 3.73. The van der Waals surface area contributed by atoms with E-state index in [1.54, 1.807) is 18.6 Å². The highest BCUT2D eigenvalue weighted by molar-refractivity contribution is 5.31. The van der Waals surface area contributed by atoms with Gasteiger partial charge in [-0.2, -0.15) is 0 Å². The highest BCUT2D eigenvalue weighted by Crippen LogP contribution is 2.30. The van der Waals surface area contributed by atoms with Crippen LogP contribution in [0.15, 0.2) is 23.0 Å². The summed E-state index contributed by atoms with van der Waals surface area (Å²) in [4.78, 5) is 8.32. The van der Waals surface area contributed by atoms with Crippen LogP contribution < -0.4 is 5.32 Å². The van der Waals surface area contributed by atoms with Crippen LogP contribution in [0, 0.1) is 5.92 Å². The van der Waals surface area contributed by atoms with Gasteiger partial charge in [-0.3, -0.25) is 4.98 Å². The van der Waals surface area contributed by atoms with Crippen molar-refractivity contribution in [2.45, 2.75) is 45.1 Å². The minimum absolute atomic E-state index is 0.463. The largest absolute Gasteiger partial charge is 0.425 e. The second-order valence-electron chi connectivity index (χ2n) is 5.26. The van der Waals surface area contributed by atoms with E-state index in [0.717, 1.165) is 43.3 Å². The van der Waals surface area contributed by atoms with Gasteiger partial charge in [0.25, 0.3) is 0 Å². The van der Waals surface area contributed by atoms with Crippen molar-refractivity contribution in [3.8, 4) is 0 Å². The molecule has 2 heterocycles. The molecule has 1 N–H and O–H groups in total. The number of rotatable bonds is 5. The molecule has 1 aliphatic rings. The lowest BCUT2D eigenvalue weighted by atomic mass is 10.0. The molecule has 0 radical (unpaired) electrons. The summed E-state index contributed by atoms with van der Waals surface area (Å²) in [7, 11) is 0. The van der Waals surface area contributed by atoms with Gasteiger partial charge in [0.1, 0.15) is 5.82 Å². The molecule has 1 aliphatic carbocycles. The van der Waals surface area contributed by atoms with Crippen LogP contribution >= 0.6 is 0 Å². The van der Waals surface area contributed by atoms with Crippen molar-refractivity contribution in [2.75, 3.05) is 5.32 Å². The van der Waals surface area contributed by atoms with Crippen LogP contribution in [0.3, 0.4) is 0 Å². The zero-order valence-corrected chi connectivity index (χ0v) is 11.6.